The molecule has 0 amide bonds. The molecule has 1 fully saturated rings. The van der Waals surface area contributed by atoms with E-state index >= 15 is 0 Å². The Labute approximate surface area is 63.8 Å². The smallest absolute Gasteiger partial charge is 0.0462 e. The van der Waals surface area contributed by atoms with Crippen LogP contribution in [-0.2, 0) is 4.74 Å². The summed E-state index contributed by atoms with van der Waals surface area (Å²) in [5.41, 5.74) is 0. The molecule has 0 atom stereocenters. The first-order valence-electron chi connectivity index (χ1n) is 4.42. The van der Waals surface area contributed by atoms with E-state index < -0.39 is 0 Å². The number of hydrogen-bond acceptors (Lipinski definition) is 1. The molecule has 0 spiro atoms. The Morgan fingerprint density at radius 2 is 2.10 bits per heavy atom. The zero-order valence-electron chi connectivity index (χ0n) is 6.94. The highest BCUT2D eigenvalue weighted by Crippen LogP contribution is 2.30. The Hall–Kier alpha value is -0.0400. The molecule has 0 aliphatic heterocycles. The monoisotopic (exact) mass is 142 g/mol. The molecule has 1 rings (SSSR count). The van der Waals surface area contributed by atoms with Crippen LogP contribution in [0.4, 0.5) is 0 Å². The SMILES string of the molecule is COCCCCC1CCC1. The molecule has 0 aromatic rings. The van der Waals surface area contributed by atoms with Crippen molar-refractivity contribution in [1.29, 1.82) is 0 Å². The van der Waals surface area contributed by atoms with Gasteiger partial charge in [0.05, 0.1) is 0 Å². The van der Waals surface area contributed by atoms with E-state index in [-0.39, 0.29) is 0 Å². The van der Waals surface area contributed by atoms with Gasteiger partial charge in [-0.15, -0.1) is 0 Å². The molecule has 0 unspecified atom stereocenters. The lowest BCUT2D eigenvalue weighted by molar-refractivity contribution is 0.185. The minimum Gasteiger partial charge on any atom is -0.385 e. The number of methoxy groups -OCH3 is 1. The van der Waals surface area contributed by atoms with E-state index in [0.717, 1.165) is 12.5 Å². The zero-order valence-corrected chi connectivity index (χ0v) is 6.94. The van der Waals surface area contributed by atoms with Gasteiger partial charge in [0.25, 0.3) is 0 Å². The van der Waals surface area contributed by atoms with E-state index in [1.807, 2.05) is 0 Å². The maximum atomic E-state index is 4.98. The lowest BCUT2D eigenvalue weighted by Crippen LogP contribution is -2.10. The molecule has 0 heterocycles. The fraction of sp³-hybridized carbons (Fsp3) is 1.00. The fourth-order valence-corrected chi connectivity index (χ4v) is 1.46. The van der Waals surface area contributed by atoms with Crippen LogP contribution in [0.1, 0.15) is 38.5 Å². The molecule has 0 bridgehead atoms. The Balaban J connectivity index is 1.76. The molecular formula is C9H18O. The molecule has 0 radical (unpaired) electrons. The molecule has 0 aromatic heterocycles. The van der Waals surface area contributed by atoms with Gasteiger partial charge in [-0.3, -0.25) is 0 Å². The van der Waals surface area contributed by atoms with Crippen molar-refractivity contribution in [2.24, 2.45) is 5.92 Å². The van der Waals surface area contributed by atoms with Crippen molar-refractivity contribution in [2.75, 3.05) is 13.7 Å². The van der Waals surface area contributed by atoms with Gasteiger partial charge in [-0.2, -0.15) is 0 Å². The summed E-state index contributed by atoms with van der Waals surface area (Å²) in [6, 6.07) is 0. The quantitative estimate of drug-likeness (QED) is 0.536. The van der Waals surface area contributed by atoms with E-state index in [1.54, 1.807) is 7.11 Å². The molecule has 1 saturated carbocycles. The summed E-state index contributed by atoms with van der Waals surface area (Å²) in [6.45, 7) is 0.951. The lowest BCUT2D eigenvalue weighted by atomic mass is 9.82. The Morgan fingerprint density at radius 3 is 2.60 bits per heavy atom. The number of unbranched alkanes of at least 4 members (excludes halogenated alkanes) is 1. The van der Waals surface area contributed by atoms with Gasteiger partial charge >= 0.3 is 0 Å². The third-order valence-corrected chi connectivity index (χ3v) is 2.44. The molecule has 0 saturated heterocycles. The number of rotatable bonds is 5. The second-order valence-electron chi connectivity index (χ2n) is 3.29. The van der Waals surface area contributed by atoms with Crippen molar-refractivity contribution in [2.45, 2.75) is 38.5 Å². The summed E-state index contributed by atoms with van der Waals surface area (Å²) in [7, 11) is 1.78. The molecule has 60 valence electrons. The molecule has 1 aliphatic rings. The normalized spacial score (nSPS) is 18.9. The van der Waals surface area contributed by atoms with Crippen LogP contribution in [-0.4, -0.2) is 13.7 Å². The number of hydrogen-bond donors (Lipinski definition) is 0. The van der Waals surface area contributed by atoms with Crippen molar-refractivity contribution in [1.82, 2.24) is 0 Å². The first-order chi connectivity index (χ1) is 4.93. The van der Waals surface area contributed by atoms with E-state index in [2.05, 4.69) is 0 Å². The first-order valence-corrected chi connectivity index (χ1v) is 4.42. The molecule has 0 aromatic carbocycles. The fourth-order valence-electron chi connectivity index (χ4n) is 1.46. The molecule has 1 aliphatic carbocycles. The minimum absolute atomic E-state index is 0.951. The Bertz CT molecular complexity index is 76.8. The molecule has 10 heavy (non-hydrogen) atoms. The Kier molecular flexibility index (Phi) is 3.81. The van der Waals surface area contributed by atoms with Crippen LogP contribution in [0.3, 0.4) is 0 Å². The van der Waals surface area contributed by atoms with Gasteiger partial charge in [-0.25, -0.2) is 0 Å². The predicted octanol–water partition coefficient (Wildman–Crippen LogP) is 2.60. The van der Waals surface area contributed by atoms with Crippen molar-refractivity contribution in [3.63, 3.8) is 0 Å². The molecule has 1 nitrogen and oxygen atoms in total. The van der Waals surface area contributed by atoms with Crippen molar-refractivity contribution < 1.29 is 4.74 Å². The highest BCUT2D eigenvalue weighted by atomic mass is 16.5. The van der Waals surface area contributed by atoms with E-state index in [0.29, 0.717) is 0 Å². The first kappa shape index (κ1) is 8.06. The average molecular weight is 142 g/mol. The van der Waals surface area contributed by atoms with E-state index in [4.69, 9.17) is 4.74 Å². The second-order valence-corrected chi connectivity index (χ2v) is 3.29. The van der Waals surface area contributed by atoms with Crippen LogP contribution < -0.4 is 0 Å². The van der Waals surface area contributed by atoms with Gasteiger partial charge in [0.15, 0.2) is 0 Å². The topological polar surface area (TPSA) is 9.23 Å². The average Bonchev–Trinajstić information content (AvgIpc) is 1.84. The van der Waals surface area contributed by atoms with Crippen LogP contribution in [0.15, 0.2) is 0 Å². The molecule has 1 heteroatoms. The summed E-state index contributed by atoms with van der Waals surface area (Å²) < 4.78 is 4.98. The van der Waals surface area contributed by atoms with E-state index in [9.17, 15) is 0 Å². The van der Waals surface area contributed by atoms with Crippen LogP contribution in [0.5, 0.6) is 0 Å². The summed E-state index contributed by atoms with van der Waals surface area (Å²) >= 11 is 0. The largest absolute Gasteiger partial charge is 0.385 e. The maximum absolute atomic E-state index is 4.98. The second kappa shape index (κ2) is 4.73. The van der Waals surface area contributed by atoms with Crippen molar-refractivity contribution >= 4 is 0 Å². The minimum atomic E-state index is 0.951. The van der Waals surface area contributed by atoms with Crippen LogP contribution >= 0.6 is 0 Å². The Morgan fingerprint density at radius 1 is 1.30 bits per heavy atom. The summed E-state index contributed by atoms with van der Waals surface area (Å²) in [5.74, 6) is 1.08. The van der Waals surface area contributed by atoms with E-state index in [1.165, 1.54) is 38.5 Å². The number of ether oxygens (including phenoxy) is 1. The maximum Gasteiger partial charge on any atom is 0.0462 e. The van der Waals surface area contributed by atoms with Gasteiger partial charge in [0.2, 0.25) is 0 Å². The summed E-state index contributed by atoms with van der Waals surface area (Å²) in [5, 5.41) is 0. The van der Waals surface area contributed by atoms with Gasteiger partial charge < -0.3 is 4.74 Å². The lowest BCUT2D eigenvalue weighted by Gasteiger charge is -2.24. The molecule has 0 N–H and O–H groups in total. The standard InChI is InChI=1S/C9H18O/c1-10-8-3-2-5-9-6-4-7-9/h9H,2-8H2,1H3. The zero-order chi connectivity index (χ0) is 7.23. The van der Waals surface area contributed by atoms with Gasteiger partial charge in [0, 0.05) is 13.7 Å². The highest BCUT2D eigenvalue weighted by molar-refractivity contribution is 4.68. The van der Waals surface area contributed by atoms with Gasteiger partial charge in [-0.1, -0.05) is 32.1 Å². The van der Waals surface area contributed by atoms with Gasteiger partial charge in [-0.05, 0) is 12.3 Å². The van der Waals surface area contributed by atoms with Crippen molar-refractivity contribution in [3.8, 4) is 0 Å². The van der Waals surface area contributed by atoms with Crippen LogP contribution in [0.2, 0.25) is 0 Å². The van der Waals surface area contributed by atoms with Crippen LogP contribution in [0.25, 0.3) is 0 Å². The third kappa shape index (κ3) is 2.70. The predicted molar refractivity (Wildman–Crippen MR) is 43.1 cm³/mol. The van der Waals surface area contributed by atoms with Gasteiger partial charge in [0.1, 0.15) is 0 Å². The highest BCUT2D eigenvalue weighted by Gasteiger charge is 2.15. The van der Waals surface area contributed by atoms with Crippen molar-refractivity contribution in [3.05, 3.63) is 0 Å². The summed E-state index contributed by atoms with van der Waals surface area (Å²) in [4.78, 5) is 0. The summed E-state index contributed by atoms with van der Waals surface area (Å²) in [6.07, 6.45) is 8.55. The molecular weight excluding hydrogens is 124 g/mol. The van der Waals surface area contributed by atoms with Crippen LogP contribution in [0, 0.1) is 5.92 Å². The third-order valence-electron chi connectivity index (χ3n) is 2.44.